The van der Waals surface area contributed by atoms with E-state index in [1.165, 1.54) is 23.0 Å². The second-order valence-electron chi connectivity index (χ2n) is 10.4. The van der Waals surface area contributed by atoms with Crippen LogP contribution in [0.1, 0.15) is 30.1 Å². The zero-order chi connectivity index (χ0) is 26.7. The highest BCUT2D eigenvalue weighted by Crippen LogP contribution is 2.41. The van der Waals surface area contributed by atoms with Crippen molar-refractivity contribution in [2.45, 2.75) is 31.4 Å². The molecule has 4 aromatic heterocycles. The van der Waals surface area contributed by atoms with Crippen LogP contribution in [0.3, 0.4) is 0 Å². The van der Waals surface area contributed by atoms with Crippen molar-refractivity contribution in [3.05, 3.63) is 76.6 Å². The Morgan fingerprint density at radius 1 is 1.10 bits per heavy atom. The molecule has 1 aliphatic carbocycles. The first-order valence-corrected chi connectivity index (χ1v) is 13.0. The molecule has 198 valence electrons. The number of halogens is 1. The van der Waals surface area contributed by atoms with E-state index in [1.807, 2.05) is 25.2 Å². The second-order valence-corrected chi connectivity index (χ2v) is 10.4. The molecule has 2 fully saturated rings. The lowest BCUT2D eigenvalue weighted by Gasteiger charge is -2.37. The molecule has 0 bridgehead atoms. The summed E-state index contributed by atoms with van der Waals surface area (Å²) < 4.78 is 22.9. The maximum Gasteiger partial charge on any atom is 0.283 e. The van der Waals surface area contributed by atoms with Crippen LogP contribution in [0, 0.1) is 5.82 Å². The van der Waals surface area contributed by atoms with Gasteiger partial charge < -0.3 is 14.3 Å². The Morgan fingerprint density at radius 3 is 2.69 bits per heavy atom. The predicted molar refractivity (Wildman–Crippen MR) is 143 cm³/mol. The van der Waals surface area contributed by atoms with Gasteiger partial charge in [0.2, 0.25) is 0 Å². The van der Waals surface area contributed by atoms with Crippen molar-refractivity contribution in [1.82, 2.24) is 39.2 Å². The van der Waals surface area contributed by atoms with Gasteiger partial charge in [-0.2, -0.15) is 0 Å². The lowest BCUT2D eigenvalue weighted by atomic mass is 9.98. The van der Waals surface area contributed by atoms with Crippen LogP contribution in [0.4, 0.5) is 4.39 Å². The first kappa shape index (κ1) is 23.9. The topological polar surface area (TPSA) is 107 Å². The molecule has 7 rings (SSSR count). The van der Waals surface area contributed by atoms with E-state index in [9.17, 15) is 9.18 Å². The summed E-state index contributed by atoms with van der Waals surface area (Å²) in [6.45, 7) is 2.43. The van der Waals surface area contributed by atoms with E-state index >= 15 is 0 Å². The molecule has 0 radical (unpaired) electrons. The molecule has 0 atom stereocenters. The summed E-state index contributed by atoms with van der Waals surface area (Å²) in [5.74, 6) is 0.995. The maximum atomic E-state index is 14.4. The number of rotatable bonds is 7. The zero-order valence-corrected chi connectivity index (χ0v) is 21.6. The third-order valence-corrected chi connectivity index (χ3v) is 7.57. The van der Waals surface area contributed by atoms with E-state index in [0.29, 0.717) is 40.7 Å². The lowest BCUT2D eigenvalue weighted by Crippen LogP contribution is -2.50. The highest BCUT2D eigenvalue weighted by atomic mass is 19.1. The van der Waals surface area contributed by atoms with Gasteiger partial charge in [0, 0.05) is 56.7 Å². The normalized spacial score (nSPS) is 16.2. The highest BCUT2D eigenvalue weighted by molar-refractivity contribution is 5.82. The number of aromatic amines is 1. The van der Waals surface area contributed by atoms with Gasteiger partial charge in [-0.05, 0) is 54.3 Å². The third-order valence-electron chi connectivity index (χ3n) is 7.57. The summed E-state index contributed by atoms with van der Waals surface area (Å²) in [5, 5.41) is 8.18. The van der Waals surface area contributed by atoms with Crippen LogP contribution in [0.15, 0.2) is 53.8 Å². The fourth-order valence-electron chi connectivity index (χ4n) is 5.23. The smallest absolute Gasteiger partial charge is 0.283 e. The standard InChI is InChI=1S/C28H27FN8O2/c1-35-15-31-34-27(35)22-9-18(29)5-6-21(22)17-7-23(16-3-4-16)33-25(8-17)37-14-30-24-10-19(32-26(24)28(37)38)11-36-12-20(13-36)39-2/h5-10,14-16,20,32H,3-4,11-13H2,1-2H3. The molecular formula is C28H27FN8O2. The lowest BCUT2D eigenvalue weighted by molar-refractivity contribution is -0.0338. The Kier molecular flexibility index (Phi) is 5.64. The van der Waals surface area contributed by atoms with Gasteiger partial charge in [-0.3, -0.25) is 9.69 Å². The van der Waals surface area contributed by atoms with Crippen LogP contribution in [-0.2, 0) is 18.3 Å². The summed E-state index contributed by atoms with van der Waals surface area (Å²) in [6.07, 6.45) is 5.47. The number of hydrogen-bond donors (Lipinski definition) is 1. The van der Waals surface area contributed by atoms with Gasteiger partial charge in [-0.25, -0.2) is 18.9 Å². The van der Waals surface area contributed by atoms with Crippen molar-refractivity contribution in [1.29, 1.82) is 0 Å². The zero-order valence-electron chi connectivity index (χ0n) is 21.6. The summed E-state index contributed by atoms with van der Waals surface area (Å²) in [4.78, 5) is 28.6. The molecule has 1 saturated heterocycles. The molecule has 39 heavy (non-hydrogen) atoms. The average molecular weight is 527 g/mol. The number of pyridine rings is 1. The number of aromatic nitrogens is 7. The third kappa shape index (κ3) is 4.33. The van der Waals surface area contributed by atoms with E-state index in [4.69, 9.17) is 9.72 Å². The quantitative estimate of drug-likeness (QED) is 0.346. The van der Waals surface area contributed by atoms with Crippen LogP contribution >= 0.6 is 0 Å². The number of aryl methyl sites for hydroxylation is 1. The van der Waals surface area contributed by atoms with Crippen molar-refractivity contribution in [3.63, 3.8) is 0 Å². The van der Waals surface area contributed by atoms with Crippen LogP contribution in [0.5, 0.6) is 0 Å². The highest BCUT2D eigenvalue weighted by Gasteiger charge is 2.28. The molecule has 1 saturated carbocycles. The summed E-state index contributed by atoms with van der Waals surface area (Å²) in [6, 6.07) is 10.4. The summed E-state index contributed by atoms with van der Waals surface area (Å²) in [7, 11) is 3.54. The van der Waals surface area contributed by atoms with Gasteiger partial charge in [0.1, 0.15) is 29.8 Å². The first-order chi connectivity index (χ1) is 19.0. The Hall–Kier alpha value is -4.22. The van der Waals surface area contributed by atoms with Crippen molar-refractivity contribution in [3.8, 4) is 28.3 Å². The van der Waals surface area contributed by atoms with E-state index in [-0.39, 0.29) is 17.5 Å². The minimum Gasteiger partial charge on any atom is -0.379 e. The van der Waals surface area contributed by atoms with Gasteiger partial charge in [0.25, 0.3) is 5.56 Å². The van der Waals surface area contributed by atoms with E-state index in [2.05, 4.69) is 25.1 Å². The van der Waals surface area contributed by atoms with Crippen molar-refractivity contribution >= 4 is 11.0 Å². The number of likely N-dealkylation sites (tertiary alicyclic amines) is 1. The number of benzene rings is 1. The Bertz CT molecular complexity index is 1760. The first-order valence-electron chi connectivity index (χ1n) is 13.0. The molecule has 0 unspecified atom stereocenters. The van der Waals surface area contributed by atoms with Gasteiger partial charge in [0.15, 0.2) is 5.82 Å². The second kappa shape index (κ2) is 9.21. The Labute approximate surface area is 223 Å². The van der Waals surface area contributed by atoms with Crippen molar-refractivity contribution in [2.75, 3.05) is 20.2 Å². The summed E-state index contributed by atoms with van der Waals surface area (Å²) in [5.41, 5.74) is 4.90. The molecule has 1 aromatic carbocycles. The van der Waals surface area contributed by atoms with Gasteiger partial charge >= 0.3 is 0 Å². The van der Waals surface area contributed by atoms with E-state index in [0.717, 1.165) is 48.4 Å². The Balaban J connectivity index is 1.31. The number of hydrogen-bond acceptors (Lipinski definition) is 7. The van der Waals surface area contributed by atoms with Crippen LogP contribution < -0.4 is 5.56 Å². The molecular weight excluding hydrogens is 499 g/mol. The minimum absolute atomic E-state index is 0.219. The molecule has 0 amide bonds. The fraction of sp³-hybridized carbons (Fsp3) is 0.321. The Morgan fingerprint density at radius 2 is 1.95 bits per heavy atom. The van der Waals surface area contributed by atoms with Crippen molar-refractivity contribution < 1.29 is 9.13 Å². The maximum absolute atomic E-state index is 14.4. The molecule has 1 aliphatic heterocycles. The SMILES string of the molecule is COC1CN(Cc2cc3ncn(-c4cc(-c5ccc(F)cc5-c5nncn5C)cc(C5CC5)n4)c(=O)c3[nH]2)C1. The molecule has 2 aliphatic rings. The van der Waals surface area contributed by atoms with E-state index < -0.39 is 0 Å². The molecule has 5 aromatic rings. The number of H-pyrrole nitrogens is 1. The predicted octanol–water partition coefficient (Wildman–Crippen LogP) is 3.42. The minimum atomic E-state index is -0.363. The van der Waals surface area contributed by atoms with Crippen molar-refractivity contribution in [2.24, 2.45) is 7.05 Å². The number of nitrogens with zero attached hydrogens (tertiary/aromatic N) is 7. The number of methoxy groups -OCH3 is 1. The van der Waals surface area contributed by atoms with Crippen LogP contribution in [0.25, 0.3) is 39.4 Å². The molecule has 10 nitrogen and oxygen atoms in total. The van der Waals surface area contributed by atoms with Gasteiger partial charge in [0.05, 0.1) is 11.6 Å². The average Bonchev–Trinajstić information content (AvgIpc) is 3.54. The number of nitrogens with one attached hydrogen (secondary N) is 1. The van der Waals surface area contributed by atoms with Gasteiger partial charge in [-0.15, -0.1) is 10.2 Å². The fourth-order valence-corrected chi connectivity index (χ4v) is 5.23. The largest absolute Gasteiger partial charge is 0.379 e. The summed E-state index contributed by atoms with van der Waals surface area (Å²) >= 11 is 0. The molecule has 11 heteroatoms. The molecule has 5 heterocycles. The monoisotopic (exact) mass is 526 g/mol. The number of fused-ring (bicyclic) bond motifs is 1. The molecule has 1 N–H and O–H groups in total. The van der Waals surface area contributed by atoms with Gasteiger partial charge in [-0.1, -0.05) is 6.07 Å². The van der Waals surface area contributed by atoms with E-state index in [1.54, 1.807) is 24.1 Å². The number of ether oxygens (including phenoxy) is 1. The van der Waals surface area contributed by atoms with Crippen LogP contribution in [-0.4, -0.2) is 65.5 Å². The van der Waals surface area contributed by atoms with Crippen LogP contribution in [0.2, 0.25) is 0 Å². The molecule has 0 spiro atoms.